The minimum atomic E-state index is -3.93. The molecule has 27 heavy (non-hydrogen) atoms. The molecule has 1 N–H and O–H groups in total. The van der Waals surface area contributed by atoms with Crippen LogP contribution in [0.5, 0.6) is 5.75 Å². The van der Waals surface area contributed by atoms with Crippen molar-refractivity contribution in [3.05, 3.63) is 66.0 Å². The molecule has 1 amide bonds. The molecule has 0 aliphatic rings. The van der Waals surface area contributed by atoms with Gasteiger partial charge in [-0.2, -0.15) is 4.31 Å². The van der Waals surface area contributed by atoms with Gasteiger partial charge in [0.05, 0.1) is 23.6 Å². The number of methoxy groups -OCH3 is 1. The summed E-state index contributed by atoms with van der Waals surface area (Å²) >= 11 is 5.67. The van der Waals surface area contributed by atoms with E-state index in [1.54, 1.807) is 0 Å². The molecule has 0 saturated carbocycles. The predicted octanol–water partition coefficient (Wildman–Crippen LogP) is 3.30. The van der Waals surface area contributed by atoms with Crippen molar-refractivity contribution in [1.29, 1.82) is 0 Å². The van der Waals surface area contributed by atoms with Crippen LogP contribution in [0.15, 0.2) is 60.0 Å². The Morgan fingerprint density at radius 2 is 1.96 bits per heavy atom. The van der Waals surface area contributed by atoms with E-state index in [1.165, 1.54) is 49.6 Å². The number of amides is 1. The second kappa shape index (κ2) is 8.98. The molecule has 2 rings (SSSR count). The Balaban J connectivity index is 2.18. The Kier molecular flexibility index (Phi) is 6.95. The maximum absolute atomic E-state index is 13.2. The molecule has 0 aliphatic heterocycles. The molecule has 0 aliphatic carbocycles. The van der Waals surface area contributed by atoms with Crippen LogP contribution in [0.25, 0.3) is 0 Å². The molecular formula is C18H18ClFN2O4S. The molecule has 0 radical (unpaired) electrons. The van der Waals surface area contributed by atoms with Gasteiger partial charge in [0.15, 0.2) is 0 Å². The zero-order chi connectivity index (χ0) is 20.0. The monoisotopic (exact) mass is 412 g/mol. The fourth-order valence-corrected chi connectivity index (χ4v) is 3.77. The van der Waals surface area contributed by atoms with Crippen LogP contribution in [-0.4, -0.2) is 38.8 Å². The van der Waals surface area contributed by atoms with Gasteiger partial charge in [-0.15, -0.1) is 6.58 Å². The normalized spacial score (nSPS) is 11.3. The molecule has 0 fully saturated rings. The topological polar surface area (TPSA) is 75.7 Å². The maximum atomic E-state index is 13.2. The van der Waals surface area contributed by atoms with Gasteiger partial charge in [-0.3, -0.25) is 4.79 Å². The van der Waals surface area contributed by atoms with Gasteiger partial charge in [-0.1, -0.05) is 17.7 Å². The van der Waals surface area contributed by atoms with E-state index in [4.69, 9.17) is 16.3 Å². The van der Waals surface area contributed by atoms with Gasteiger partial charge < -0.3 is 10.1 Å². The highest BCUT2D eigenvalue weighted by Gasteiger charge is 2.25. The first kappa shape index (κ1) is 20.9. The first-order valence-electron chi connectivity index (χ1n) is 7.78. The van der Waals surface area contributed by atoms with E-state index in [-0.39, 0.29) is 22.2 Å². The molecule has 2 aromatic carbocycles. The van der Waals surface area contributed by atoms with E-state index in [2.05, 4.69) is 11.9 Å². The zero-order valence-corrected chi connectivity index (χ0v) is 16.1. The van der Waals surface area contributed by atoms with Crippen LogP contribution >= 0.6 is 11.6 Å². The number of carbonyl (C=O) groups excluding carboxylic acids is 1. The number of rotatable bonds is 8. The molecule has 0 heterocycles. The Morgan fingerprint density at radius 3 is 2.52 bits per heavy atom. The fourth-order valence-electron chi connectivity index (χ4n) is 2.22. The number of halogens is 2. The van der Waals surface area contributed by atoms with Crippen LogP contribution in [0.4, 0.5) is 10.1 Å². The van der Waals surface area contributed by atoms with Gasteiger partial charge in [0.1, 0.15) is 11.6 Å². The SMILES string of the molecule is C=CCN(CC(=O)Nc1ccc(F)c(Cl)c1)S(=O)(=O)c1ccc(OC)cc1. The van der Waals surface area contributed by atoms with E-state index >= 15 is 0 Å². The van der Waals surface area contributed by atoms with Crippen LogP contribution in [0.3, 0.4) is 0 Å². The lowest BCUT2D eigenvalue weighted by molar-refractivity contribution is -0.116. The van der Waals surface area contributed by atoms with E-state index in [0.717, 1.165) is 10.4 Å². The highest BCUT2D eigenvalue weighted by Crippen LogP contribution is 2.21. The first-order valence-corrected chi connectivity index (χ1v) is 9.59. The number of nitrogens with zero attached hydrogens (tertiary/aromatic N) is 1. The fraction of sp³-hybridized carbons (Fsp3) is 0.167. The van der Waals surface area contributed by atoms with Crippen molar-refractivity contribution >= 4 is 33.2 Å². The molecule has 2 aromatic rings. The van der Waals surface area contributed by atoms with Gasteiger partial charge in [0.2, 0.25) is 15.9 Å². The predicted molar refractivity (Wildman–Crippen MR) is 102 cm³/mol. The van der Waals surface area contributed by atoms with Crippen LogP contribution in [-0.2, 0) is 14.8 Å². The molecule has 0 aromatic heterocycles. The first-order chi connectivity index (χ1) is 12.8. The molecule has 0 spiro atoms. The Labute approximate surface area is 162 Å². The molecule has 0 atom stereocenters. The summed E-state index contributed by atoms with van der Waals surface area (Å²) in [5.74, 6) is -0.711. The van der Waals surface area contributed by atoms with E-state index < -0.39 is 28.3 Å². The number of hydrogen-bond donors (Lipinski definition) is 1. The average molecular weight is 413 g/mol. The number of sulfonamides is 1. The Bertz CT molecular complexity index is 933. The van der Waals surface area contributed by atoms with Gasteiger partial charge >= 0.3 is 0 Å². The summed E-state index contributed by atoms with van der Waals surface area (Å²) in [4.78, 5) is 12.3. The lowest BCUT2D eigenvalue weighted by Gasteiger charge is -2.20. The lowest BCUT2D eigenvalue weighted by atomic mass is 10.3. The van der Waals surface area contributed by atoms with Crippen molar-refractivity contribution in [2.24, 2.45) is 0 Å². The third kappa shape index (κ3) is 5.29. The highest BCUT2D eigenvalue weighted by molar-refractivity contribution is 7.89. The highest BCUT2D eigenvalue weighted by atomic mass is 35.5. The second-order valence-corrected chi connectivity index (χ2v) is 7.78. The summed E-state index contributed by atoms with van der Waals surface area (Å²) in [6, 6.07) is 9.48. The quantitative estimate of drug-likeness (QED) is 0.675. The number of carbonyl (C=O) groups is 1. The Hall–Kier alpha value is -2.42. The van der Waals surface area contributed by atoms with E-state index in [9.17, 15) is 17.6 Å². The van der Waals surface area contributed by atoms with Crippen molar-refractivity contribution in [2.75, 3.05) is 25.5 Å². The Morgan fingerprint density at radius 1 is 1.30 bits per heavy atom. The standard InChI is InChI=1S/C18H18ClFN2O4S/c1-3-10-22(27(24,25)15-7-5-14(26-2)6-8-15)12-18(23)21-13-4-9-17(20)16(19)11-13/h3-9,11H,1,10,12H2,2H3,(H,21,23). The minimum Gasteiger partial charge on any atom is -0.497 e. The van der Waals surface area contributed by atoms with Crippen molar-refractivity contribution in [1.82, 2.24) is 4.31 Å². The van der Waals surface area contributed by atoms with Crippen LogP contribution in [0.1, 0.15) is 0 Å². The summed E-state index contributed by atoms with van der Waals surface area (Å²) in [6.45, 7) is 3.02. The number of nitrogens with one attached hydrogen (secondary N) is 1. The van der Waals surface area contributed by atoms with E-state index in [1.807, 2.05) is 0 Å². The molecule has 144 valence electrons. The third-order valence-corrected chi connectivity index (χ3v) is 5.67. The van der Waals surface area contributed by atoms with Crippen LogP contribution in [0.2, 0.25) is 5.02 Å². The summed E-state index contributed by atoms with van der Waals surface area (Å²) in [5, 5.41) is 2.34. The van der Waals surface area contributed by atoms with Crippen molar-refractivity contribution in [3.63, 3.8) is 0 Å². The lowest BCUT2D eigenvalue weighted by Crippen LogP contribution is -2.38. The average Bonchev–Trinajstić information content (AvgIpc) is 2.64. The van der Waals surface area contributed by atoms with Gasteiger partial charge in [-0.25, -0.2) is 12.8 Å². The van der Waals surface area contributed by atoms with Gasteiger partial charge in [0, 0.05) is 12.2 Å². The third-order valence-electron chi connectivity index (χ3n) is 3.55. The largest absolute Gasteiger partial charge is 0.497 e. The summed E-state index contributed by atoms with van der Waals surface area (Å²) in [7, 11) is -2.46. The molecule has 0 saturated heterocycles. The molecule has 0 bridgehead atoms. The summed E-state index contributed by atoms with van der Waals surface area (Å²) in [6.07, 6.45) is 1.38. The molecular weight excluding hydrogens is 395 g/mol. The van der Waals surface area contributed by atoms with Gasteiger partial charge in [-0.05, 0) is 42.5 Å². The number of benzene rings is 2. The molecule has 9 heteroatoms. The van der Waals surface area contributed by atoms with Crippen molar-refractivity contribution in [2.45, 2.75) is 4.90 Å². The molecule has 0 unspecified atom stereocenters. The van der Waals surface area contributed by atoms with Crippen LogP contribution in [0, 0.1) is 5.82 Å². The molecule has 6 nitrogen and oxygen atoms in total. The minimum absolute atomic E-state index is 0.0165. The maximum Gasteiger partial charge on any atom is 0.243 e. The number of hydrogen-bond acceptors (Lipinski definition) is 4. The smallest absolute Gasteiger partial charge is 0.243 e. The summed E-state index contributed by atoms with van der Waals surface area (Å²) < 4.78 is 44.8. The summed E-state index contributed by atoms with van der Waals surface area (Å²) in [5.41, 5.74) is 0.256. The second-order valence-electron chi connectivity index (χ2n) is 5.44. The number of anilines is 1. The van der Waals surface area contributed by atoms with Gasteiger partial charge in [0.25, 0.3) is 0 Å². The number of ether oxygens (including phenoxy) is 1. The van der Waals surface area contributed by atoms with Crippen molar-refractivity contribution in [3.8, 4) is 5.75 Å². The van der Waals surface area contributed by atoms with Crippen molar-refractivity contribution < 1.29 is 22.3 Å². The van der Waals surface area contributed by atoms with Crippen LogP contribution < -0.4 is 10.1 Å². The zero-order valence-electron chi connectivity index (χ0n) is 14.5. The van der Waals surface area contributed by atoms with E-state index in [0.29, 0.717) is 5.75 Å².